The van der Waals surface area contributed by atoms with Crippen LogP contribution >= 0.6 is 0 Å². The van der Waals surface area contributed by atoms with Crippen LogP contribution in [-0.4, -0.2) is 65.4 Å². The van der Waals surface area contributed by atoms with Crippen molar-refractivity contribution in [3.05, 3.63) is 34.9 Å². The van der Waals surface area contributed by atoms with Gasteiger partial charge in [-0.1, -0.05) is 12.1 Å². The van der Waals surface area contributed by atoms with E-state index in [9.17, 15) is 14.4 Å². The number of hydrogen-bond donors (Lipinski definition) is 2. The Labute approximate surface area is 170 Å². The predicted octanol–water partition coefficient (Wildman–Crippen LogP) is 0.386. The van der Waals surface area contributed by atoms with E-state index in [-0.39, 0.29) is 35.7 Å². The Morgan fingerprint density at radius 1 is 1.31 bits per heavy atom. The normalized spacial score (nSPS) is 30.0. The van der Waals surface area contributed by atoms with Gasteiger partial charge in [0.05, 0.1) is 6.61 Å². The SMILES string of the molecule is COCC1(C)CC(N)CN1Cc1ccc2c(c1)CN(C1CCC(=O)NC1=O)C2=O. The summed E-state index contributed by atoms with van der Waals surface area (Å²) in [5.41, 5.74) is 8.77. The summed E-state index contributed by atoms with van der Waals surface area (Å²) in [5.74, 6) is -0.807. The lowest BCUT2D eigenvalue weighted by Crippen LogP contribution is -2.52. The highest BCUT2D eigenvalue weighted by Gasteiger charge is 2.41. The van der Waals surface area contributed by atoms with Crippen LogP contribution in [0.3, 0.4) is 0 Å². The van der Waals surface area contributed by atoms with E-state index < -0.39 is 6.04 Å². The number of likely N-dealkylation sites (tertiary alicyclic amines) is 1. The fourth-order valence-electron chi connectivity index (χ4n) is 4.93. The summed E-state index contributed by atoms with van der Waals surface area (Å²) in [5, 5.41) is 2.34. The van der Waals surface area contributed by atoms with E-state index in [4.69, 9.17) is 10.5 Å². The molecule has 3 aliphatic heterocycles. The van der Waals surface area contributed by atoms with E-state index in [0.29, 0.717) is 25.1 Å². The minimum Gasteiger partial charge on any atom is -0.383 e. The van der Waals surface area contributed by atoms with Crippen molar-refractivity contribution in [2.45, 2.75) is 56.9 Å². The number of carbonyl (C=O) groups is 3. The smallest absolute Gasteiger partial charge is 0.255 e. The van der Waals surface area contributed by atoms with Crippen LogP contribution in [0.25, 0.3) is 0 Å². The first kappa shape index (κ1) is 20.0. The summed E-state index contributed by atoms with van der Waals surface area (Å²) < 4.78 is 5.42. The highest BCUT2D eigenvalue weighted by molar-refractivity contribution is 6.05. The molecule has 3 N–H and O–H groups in total. The molecule has 3 unspecified atom stereocenters. The molecule has 156 valence electrons. The first-order chi connectivity index (χ1) is 13.8. The van der Waals surface area contributed by atoms with Crippen LogP contribution in [0, 0.1) is 0 Å². The lowest BCUT2D eigenvalue weighted by Gasteiger charge is -2.34. The van der Waals surface area contributed by atoms with Crippen LogP contribution in [-0.2, 0) is 27.4 Å². The van der Waals surface area contributed by atoms with Gasteiger partial charge < -0.3 is 15.4 Å². The number of nitrogens with one attached hydrogen (secondary N) is 1. The standard InChI is InChI=1S/C21H28N4O4/c1-21(12-29-2)8-15(22)11-24(21)9-13-3-4-16-14(7-13)10-25(20(16)28)17-5-6-18(26)23-19(17)27/h3-4,7,15,17H,5-6,8-12,22H2,1-2H3,(H,23,26,27). The highest BCUT2D eigenvalue weighted by Crippen LogP contribution is 2.32. The van der Waals surface area contributed by atoms with E-state index >= 15 is 0 Å². The summed E-state index contributed by atoms with van der Waals surface area (Å²) in [6.07, 6.45) is 1.51. The van der Waals surface area contributed by atoms with Crippen molar-refractivity contribution < 1.29 is 19.1 Å². The fraction of sp³-hybridized carbons (Fsp3) is 0.571. The molecule has 0 aromatic heterocycles. The number of carbonyl (C=O) groups excluding carboxylic acids is 3. The van der Waals surface area contributed by atoms with E-state index in [2.05, 4.69) is 23.2 Å². The molecule has 3 amide bonds. The van der Waals surface area contributed by atoms with Gasteiger partial charge in [-0.3, -0.25) is 24.6 Å². The number of nitrogens with two attached hydrogens (primary N) is 1. The van der Waals surface area contributed by atoms with Gasteiger partial charge >= 0.3 is 0 Å². The number of amides is 3. The maximum atomic E-state index is 12.8. The molecular weight excluding hydrogens is 372 g/mol. The maximum Gasteiger partial charge on any atom is 0.255 e. The van der Waals surface area contributed by atoms with Gasteiger partial charge in [0.25, 0.3) is 5.91 Å². The molecule has 8 nitrogen and oxygen atoms in total. The second kappa shape index (κ2) is 7.51. The predicted molar refractivity (Wildman–Crippen MR) is 106 cm³/mol. The molecule has 3 heterocycles. The topological polar surface area (TPSA) is 105 Å². The van der Waals surface area contributed by atoms with Crippen molar-refractivity contribution in [3.8, 4) is 0 Å². The third-order valence-corrected chi connectivity index (χ3v) is 6.34. The molecule has 3 aliphatic rings. The van der Waals surface area contributed by atoms with Crippen molar-refractivity contribution in [2.24, 2.45) is 5.73 Å². The van der Waals surface area contributed by atoms with E-state index in [1.165, 1.54) is 0 Å². The van der Waals surface area contributed by atoms with Crippen molar-refractivity contribution in [1.29, 1.82) is 0 Å². The molecule has 4 rings (SSSR count). The number of rotatable bonds is 5. The number of benzene rings is 1. The van der Waals surface area contributed by atoms with Gasteiger partial charge in [0.2, 0.25) is 11.8 Å². The number of piperidine rings is 1. The van der Waals surface area contributed by atoms with Crippen LogP contribution in [0.1, 0.15) is 47.7 Å². The van der Waals surface area contributed by atoms with Gasteiger partial charge in [-0.15, -0.1) is 0 Å². The van der Waals surface area contributed by atoms with Gasteiger partial charge in [0.15, 0.2) is 0 Å². The average molecular weight is 400 g/mol. The summed E-state index contributed by atoms with van der Waals surface area (Å²) in [4.78, 5) is 40.4. The molecule has 2 saturated heterocycles. The molecule has 3 atom stereocenters. The largest absolute Gasteiger partial charge is 0.383 e. The zero-order chi connectivity index (χ0) is 20.8. The molecule has 0 spiro atoms. The van der Waals surface area contributed by atoms with E-state index in [0.717, 1.165) is 30.6 Å². The second-order valence-electron chi connectivity index (χ2n) is 8.67. The fourth-order valence-corrected chi connectivity index (χ4v) is 4.93. The Balaban J connectivity index is 1.50. The van der Waals surface area contributed by atoms with E-state index in [1.54, 1.807) is 12.0 Å². The van der Waals surface area contributed by atoms with Crippen molar-refractivity contribution >= 4 is 17.7 Å². The summed E-state index contributed by atoms with van der Waals surface area (Å²) in [6, 6.07) is 5.41. The third-order valence-electron chi connectivity index (χ3n) is 6.34. The lowest BCUT2D eigenvalue weighted by atomic mass is 9.98. The number of imide groups is 1. The minimum absolute atomic E-state index is 0.109. The Bertz CT molecular complexity index is 857. The molecule has 29 heavy (non-hydrogen) atoms. The number of hydrogen-bond acceptors (Lipinski definition) is 6. The molecule has 2 fully saturated rings. The van der Waals surface area contributed by atoms with Crippen LogP contribution in [0.4, 0.5) is 0 Å². The lowest BCUT2D eigenvalue weighted by molar-refractivity contribution is -0.136. The van der Waals surface area contributed by atoms with E-state index in [1.807, 2.05) is 12.1 Å². The zero-order valence-electron chi connectivity index (χ0n) is 16.9. The van der Waals surface area contributed by atoms with Gasteiger partial charge in [-0.25, -0.2) is 0 Å². The van der Waals surface area contributed by atoms with Crippen molar-refractivity contribution in [3.63, 3.8) is 0 Å². The minimum atomic E-state index is -0.586. The second-order valence-corrected chi connectivity index (χ2v) is 8.67. The summed E-state index contributed by atoms with van der Waals surface area (Å²) in [7, 11) is 1.71. The summed E-state index contributed by atoms with van der Waals surface area (Å²) in [6.45, 7) is 4.72. The molecular formula is C21H28N4O4. The van der Waals surface area contributed by atoms with Crippen molar-refractivity contribution in [1.82, 2.24) is 15.1 Å². The van der Waals surface area contributed by atoms with Crippen LogP contribution in [0.2, 0.25) is 0 Å². The monoisotopic (exact) mass is 400 g/mol. The maximum absolute atomic E-state index is 12.8. The van der Waals surface area contributed by atoms with Gasteiger partial charge in [-0.05, 0) is 37.0 Å². The molecule has 1 aromatic carbocycles. The first-order valence-corrected chi connectivity index (χ1v) is 10.1. The number of ether oxygens (including phenoxy) is 1. The molecule has 8 heteroatoms. The first-order valence-electron chi connectivity index (χ1n) is 10.1. The van der Waals surface area contributed by atoms with Crippen LogP contribution in [0.15, 0.2) is 18.2 Å². The summed E-state index contributed by atoms with van der Waals surface area (Å²) >= 11 is 0. The van der Waals surface area contributed by atoms with Crippen molar-refractivity contribution in [2.75, 3.05) is 20.3 Å². The van der Waals surface area contributed by atoms with Crippen LogP contribution in [0.5, 0.6) is 0 Å². The molecule has 0 radical (unpaired) electrons. The zero-order valence-corrected chi connectivity index (χ0v) is 16.9. The molecule has 0 aliphatic carbocycles. The molecule has 0 bridgehead atoms. The van der Waals surface area contributed by atoms with Gasteiger partial charge in [0, 0.05) is 50.3 Å². The molecule has 0 saturated carbocycles. The Morgan fingerprint density at radius 2 is 2.10 bits per heavy atom. The Kier molecular flexibility index (Phi) is 5.18. The quantitative estimate of drug-likeness (QED) is 0.693. The third kappa shape index (κ3) is 3.68. The van der Waals surface area contributed by atoms with Crippen LogP contribution < -0.4 is 11.1 Å². The number of fused-ring (bicyclic) bond motifs is 1. The number of methoxy groups -OCH3 is 1. The van der Waals surface area contributed by atoms with Gasteiger partial charge in [-0.2, -0.15) is 0 Å². The Morgan fingerprint density at radius 3 is 2.83 bits per heavy atom. The average Bonchev–Trinajstić information content (AvgIpc) is 3.11. The number of nitrogens with zero attached hydrogens (tertiary/aromatic N) is 2. The highest BCUT2D eigenvalue weighted by atomic mass is 16.5. The Hall–Kier alpha value is -2.29. The molecule has 1 aromatic rings. The van der Waals surface area contributed by atoms with Gasteiger partial charge in [0.1, 0.15) is 6.04 Å².